The molecule has 0 aromatic carbocycles. The highest BCUT2D eigenvalue weighted by molar-refractivity contribution is 5.68. The Hall–Kier alpha value is -0.850. The van der Waals surface area contributed by atoms with Crippen molar-refractivity contribution in [1.29, 1.82) is 0 Å². The Morgan fingerprint density at radius 1 is 1.36 bits per heavy atom. The number of nitrogens with one attached hydrogen (secondary N) is 1. The standard InChI is InChI=1S/C16H32N2O4/c1-16(2,3)22-15(20)18-9-5-6-13(7-10-18)17-14(8-11-19)12-21-4/h13-14,17,19H,5-12H2,1-4H3. The predicted octanol–water partition coefficient (Wildman–Crippen LogP) is 1.76. The number of rotatable bonds is 6. The van der Waals surface area contributed by atoms with Gasteiger partial charge in [0.05, 0.1) is 6.61 Å². The van der Waals surface area contributed by atoms with Gasteiger partial charge in [0.25, 0.3) is 0 Å². The molecule has 1 saturated heterocycles. The van der Waals surface area contributed by atoms with Crippen LogP contribution in [0.2, 0.25) is 0 Å². The summed E-state index contributed by atoms with van der Waals surface area (Å²) in [5, 5.41) is 12.6. The quantitative estimate of drug-likeness (QED) is 0.781. The van der Waals surface area contributed by atoms with Gasteiger partial charge in [0.15, 0.2) is 0 Å². The number of carbonyl (C=O) groups excluding carboxylic acids is 1. The molecule has 1 heterocycles. The van der Waals surface area contributed by atoms with E-state index in [-0.39, 0.29) is 18.7 Å². The van der Waals surface area contributed by atoms with E-state index in [2.05, 4.69) is 5.32 Å². The zero-order valence-corrected chi connectivity index (χ0v) is 14.4. The molecule has 0 saturated carbocycles. The summed E-state index contributed by atoms with van der Waals surface area (Å²) in [5.74, 6) is 0. The van der Waals surface area contributed by atoms with Crippen LogP contribution in [0.1, 0.15) is 46.5 Å². The summed E-state index contributed by atoms with van der Waals surface area (Å²) < 4.78 is 10.6. The molecule has 0 aromatic heterocycles. The van der Waals surface area contributed by atoms with E-state index in [1.165, 1.54) is 0 Å². The van der Waals surface area contributed by atoms with Crippen LogP contribution < -0.4 is 5.32 Å². The number of amides is 1. The van der Waals surface area contributed by atoms with Crippen molar-refractivity contribution in [2.75, 3.05) is 33.4 Å². The van der Waals surface area contributed by atoms with Crippen molar-refractivity contribution in [1.82, 2.24) is 10.2 Å². The summed E-state index contributed by atoms with van der Waals surface area (Å²) in [6.07, 6.45) is 3.32. The summed E-state index contributed by atoms with van der Waals surface area (Å²) in [5.41, 5.74) is -0.453. The lowest BCUT2D eigenvalue weighted by atomic mass is 10.1. The molecule has 0 spiro atoms. The van der Waals surface area contributed by atoms with E-state index in [1.54, 1.807) is 12.0 Å². The maximum atomic E-state index is 12.1. The Morgan fingerprint density at radius 2 is 2.09 bits per heavy atom. The van der Waals surface area contributed by atoms with Crippen molar-refractivity contribution in [2.45, 2.75) is 64.1 Å². The van der Waals surface area contributed by atoms with Gasteiger partial charge in [0, 0.05) is 38.9 Å². The monoisotopic (exact) mass is 316 g/mol. The van der Waals surface area contributed by atoms with Gasteiger partial charge in [0.1, 0.15) is 5.60 Å². The lowest BCUT2D eigenvalue weighted by Crippen LogP contribution is -2.42. The van der Waals surface area contributed by atoms with Gasteiger partial charge in [-0.3, -0.25) is 0 Å². The lowest BCUT2D eigenvalue weighted by Gasteiger charge is -2.27. The highest BCUT2D eigenvalue weighted by Gasteiger charge is 2.26. The first-order chi connectivity index (χ1) is 10.4. The van der Waals surface area contributed by atoms with Crippen LogP contribution in [0.25, 0.3) is 0 Å². The van der Waals surface area contributed by atoms with Crippen LogP contribution in [0.3, 0.4) is 0 Å². The molecule has 6 heteroatoms. The Kier molecular flexibility index (Phi) is 8.14. The number of methoxy groups -OCH3 is 1. The molecule has 2 N–H and O–H groups in total. The molecule has 1 fully saturated rings. The first kappa shape index (κ1) is 19.2. The number of ether oxygens (including phenoxy) is 2. The molecule has 0 aliphatic carbocycles. The van der Waals surface area contributed by atoms with Gasteiger partial charge in [-0.05, 0) is 46.5 Å². The normalized spacial score (nSPS) is 21.3. The second kappa shape index (κ2) is 9.33. The van der Waals surface area contributed by atoms with Gasteiger partial charge >= 0.3 is 6.09 Å². The maximum absolute atomic E-state index is 12.1. The van der Waals surface area contributed by atoms with Crippen molar-refractivity contribution in [3.8, 4) is 0 Å². The summed E-state index contributed by atoms with van der Waals surface area (Å²) in [4.78, 5) is 13.9. The minimum atomic E-state index is -0.453. The van der Waals surface area contributed by atoms with Crippen molar-refractivity contribution in [2.24, 2.45) is 0 Å². The maximum Gasteiger partial charge on any atom is 0.410 e. The molecule has 1 aliphatic heterocycles. The molecule has 2 unspecified atom stereocenters. The zero-order chi connectivity index (χ0) is 16.6. The number of aliphatic hydroxyl groups excluding tert-OH is 1. The van der Waals surface area contributed by atoms with Crippen LogP contribution >= 0.6 is 0 Å². The Balaban J connectivity index is 2.46. The molecule has 1 amide bonds. The van der Waals surface area contributed by atoms with E-state index in [1.807, 2.05) is 20.8 Å². The molecule has 22 heavy (non-hydrogen) atoms. The number of hydrogen-bond acceptors (Lipinski definition) is 5. The zero-order valence-electron chi connectivity index (χ0n) is 14.4. The Labute approximate surface area is 134 Å². The van der Waals surface area contributed by atoms with Crippen molar-refractivity contribution >= 4 is 6.09 Å². The highest BCUT2D eigenvalue weighted by atomic mass is 16.6. The lowest BCUT2D eigenvalue weighted by molar-refractivity contribution is 0.0255. The minimum Gasteiger partial charge on any atom is -0.444 e. The topological polar surface area (TPSA) is 71.0 Å². The van der Waals surface area contributed by atoms with Crippen LogP contribution in [-0.4, -0.2) is 67.2 Å². The molecule has 1 rings (SSSR count). The molecular weight excluding hydrogens is 284 g/mol. The van der Waals surface area contributed by atoms with E-state index in [9.17, 15) is 4.79 Å². The molecule has 0 aromatic rings. The molecule has 6 nitrogen and oxygen atoms in total. The average molecular weight is 316 g/mol. The number of carbonyl (C=O) groups is 1. The summed E-state index contributed by atoms with van der Waals surface area (Å²) in [6.45, 7) is 7.84. The van der Waals surface area contributed by atoms with E-state index < -0.39 is 5.60 Å². The van der Waals surface area contributed by atoms with Crippen molar-refractivity contribution in [3.05, 3.63) is 0 Å². The SMILES string of the molecule is COCC(CCO)NC1CCCN(C(=O)OC(C)(C)C)CC1. The van der Waals surface area contributed by atoms with Gasteiger partial charge in [-0.1, -0.05) is 0 Å². The Bertz CT molecular complexity index is 325. The number of hydrogen-bond donors (Lipinski definition) is 2. The van der Waals surface area contributed by atoms with Crippen LogP contribution in [-0.2, 0) is 9.47 Å². The van der Waals surface area contributed by atoms with Gasteiger partial charge in [-0.25, -0.2) is 4.79 Å². The van der Waals surface area contributed by atoms with Crippen molar-refractivity contribution in [3.63, 3.8) is 0 Å². The number of aliphatic hydroxyl groups is 1. The molecule has 0 radical (unpaired) electrons. The molecule has 0 bridgehead atoms. The second-order valence-corrected chi connectivity index (χ2v) is 6.93. The minimum absolute atomic E-state index is 0.151. The second-order valence-electron chi connectivity index (χ2n) is 6.93. The van der Waals surface area contributed by atoms with Crippen LogP contribution in [0.4, 0.5) is 4.79 Å². The third kappa shape index (κ3) is 7.42. The third-order valence-electron chi connectivity index (χ3n) is 3.70. The fraction of sp³-hybridized carbons (Fsp3) is 0.938. The van der Waals surface area contributed by atoms with E-state index >= 15 is 0 Å². The van der Waals surface area contributed by atoms with Crippen LogP contribution in [0.15, 0.2) is 0 Å². The van der Waals surface area contributed by atoms with Gasteiger partial charge < -0.3 is 24.8 Å². The molecule has 1 aliphatic rings. The third-order valence-corrected chi connectivity index (χ3v) is 3.70. The molecule has 130 valence electrons. The smallest absolute Gasteiger partial charge is 0.410 e. The molecule has 2 atom stereocenters. The summed E-state index contributed by atoms with van der Waals surface area (Å²) in [6, 6.07) is 0.507. The first-order valence-corrected chi connectivity index (χ1v) is 8.19. The largest absolute Gasteiger partial charge is 0.444 e. The van der Waals surface area contributed by atoms with Gasteiger partial charge in [-0.15, -0.1) is 0 Å². The van der Waals surface area contributed by atoms with E-state index in [0.29, 0.717) is 25.6 Å². The average Bonchev–Trinajstić information content (AvgIpc) is 2.63. The van der Waals surface area contributed by atoms with Gasteiger partial charge in [-0.2, -0.15) is 0 Å². The predicted molar refractivity (Wildman–Crippen MR) is 85.9 cm³/mol. The van der Waals surface area contributed by atoms with Crippen LogP contribution in [0.5, 0.6) is 0 Å². The van der Waals surface area contributed by atoms with Crippen LogP contribution in [0, 0.1) is 0 Å². The van der Waals surface area contributed by atoms with Crippen molar-refractivity contribution < 1.29 is 19.4 Å². The Morgan fingerprint density at radius 3 is 2.68 bits per heavy atom. The first-order valence-electron chi connectivity index (χ1n) is 8.19. The van der Waals surface area contributed by atoms with E-state index in [0.717, 1.165) is 25.8 Å². The van der Waals surface area contributed by atoms with E-state index in [4.69, 9.17) is 14.6 Å². The fourth-order valence-corrected chi connectivity index (χ4v) is 2.68. The number of nitrogens with zero attached hydrogens (tertiary/aromatic N) is 1. The number of likely N-dealkylation sites (tertiary alicyclic amines) is 1. The van der Waals surface area contributed by atoms with Gasteiger partial charge in [0.2, 0.25) is 0 Å². The summed E-state index contributed by atoms with van der Waals surface area (Å²) in [7, 11) is 1.67. The fourth-order valence-electron chi connectivity index (χ4n) is 2.68. The summed E-state index contributed by atoms with van der Waals surface area (Å²) >= 11 is 0. The molecular formula is C16H32N2O4. The highest BCUT2D eigenvalue weighted by Crippen LogP contribution is 2.16.